The number of rotatable bonds is 7. The number of anilines is 3. The zero-order chi connectivity index (χ0) is 27.5. The van der Waals surface area contributed by atoms with Crippen LogP contribution < -0.4 is 16.0 Å². The Morgan fingerprint density at radius 3 is 2.29 bits per heavy atom. The lowest BCUT2D eigenvalue weighted by Crippen LogP contribution is -2.47. The molecule has 0 aliphatic carbocycles. The molecule has 0 atom stereocenters. The van der Waals surface area contributed by atoms with E-state index in [4.69, 9.17) is 5.73 Å². The van der Waals surface area contributed by atoms with Gasteiger partial charge in [-0.05, 0) is 44.0 Å². The number of alkyl halides is 6. The average molecular weight is 566 g/mol. The molecule has 4 rings (SSSR count). The van der Waals surface area contributed by atoms with Gasteiger partial charge in [-0.2, -0.15) is 26.3 Å². The molecular weight excluding hydrogens is 536 g/mol. The van der Waals surface area contributed by atoms with Crippen LogP contribution in [0.25, 0.3) is 0 Å². The molecule has 0 saturated carbocycles. The predicted molar refractivity (Wildman–Crippen MR) is 132 cm³/mol. The quantitative estimate of drug-likeness (QED) is 0.385. The van der Waals surface area contributed by atoms with Crippen LogP contribution in [0.4, 0.5) is 42.8 Å². The van der Waals surface area contributed by atoms with Crippen LogP contribution in [0.2, 0.25) is 0 Å². The van der Waals surface area contributed by atoms with Gasteiger partial charge in [0.25, 0.3) is 0 Å². The smallest absolute Gasteiger partial charge is 0.398 e. The highest BCUT2D eigenvalue weighted by atomic mass is 32.1. The number of piperidine rings is 1. The average Bonchev–Trinajstić information content (AvgIpc) is 3.37. The Balaban J connectivity index is 1.14. The second-order valence-corrected chi connectivity index (χ2v) is 10.4. The Bertz CT molecular complexity index is 1090. The van der Waals surface area contributed by atoms with Gasteiger partial charge in [0.05, 0.1) is 5.56 Å². The molecule has 2 aromatic rings. The van der Waals surface area contributed by atoms with E-state index < -0.39 is 22.9 Å². The van der Waals surface area contributed by atoms with Gasteiger partial charge in [0, 0.05) is 63.1 Å². The zero-order valence-electron chi connectivity index (χ0n) is 20.5. The number of hydrogen-bond donors (Lipinski definition) is 2. The van der Waals surface area contributed by atoms with Gasteiger partial charge in [-0.25, -0.2) is 0 Å². The lowest BCUT2D eigenvalue weighted by Gasteiger charge is -2.35. The first-order chi connectivity index (χ1) is 17.9. The number of aromatic nitrogens is 2. The van der Waals surface area contributed by atoms with Crippen LogP contribution in [0.5, 0.6) is 0 Å². The Kier molecular flexibility index (Phi) is 8.55. The van der Waals surface area contributed by atoms with Crippen molar-refractivity contribution in [2.75, 3.05) is 61.8 Å². The number of nitrogens with zero attached hydrogens (tertiary/aromatic N) is 5. The molecule has 2 fully saturated rings. The maximum Gasteiger partial charge on any atom is 0.445 e. The van der Waals surface area contributed by atoms with Gasteiger partial charge in [0.2, 0.25) is 16.0 Å². The topological polar surface area (TPSA) is 90.6 Å². The summed E-state index contributed by atoms with van der Waals surface area (Å²) < 4.78 is 77.5. The Morgan fingerprint density at radius 2 is 1.68 bits per heavy atom. The van der Waals surface area contributed by atoms with E-state index in [0.717, 1.165) is 6.07 Å². The Hall–Kier alpha value is -2.81. The standard InChI is InChI=1S/C23H29F6N7OS/c24-22(25,26)17-14-16(3-4-18(17)30)31-15-5-8-35(9-6-15)19(37)2-1-7-34-10-12-36(13-11-34)21-33-32-20(38-21)23(27,28)29/h3-4,14-15,31H,1-2,5-13,30H2. The maximum absolute atomic E-state index is 13.1. The SMILES string of the molecule is Nc1ccc(NC2CCN(C(=O)CCCN3CCN(c4nnc(C(F)(F)F)s4)CC3)CC2)cc1C(F)(F)F. The van der Waals surface area contributed by atoms with Crippen molar-refractivity contribution in [2.45, 2.75) is 44.1 Å². The van der Waals surface area contributed by atoms with E-state index in [9.17, 15) is 31.1 Å². The van der Waals surface area contributed by atoms with Gasteiger partial charge in [0.1, 0.15) is 0 Å². The number of nitrogen functional groups attached to an aromatic ring is 1. The number of carbonyl (C=O) groups excluding carboxylic acids is 1. The summed E-state index contributed by atoms with van der Waals surface area (Å²) in [5.74, 6) is 0.0440. The highest BCUT2D eigenvalue weighted by Gasteiger charge is 2.37. The molecule has 2 aliphatic heterocycles. The van der Waals surface area contributed by atoms with Crippen LogP contribution in [-0.2, 0) is 17.1 Å². The van der Waals surface area contributed by atoms with Crippen molar-refractivity contribution >= 4 is 33.8 Å². The molecule has 0 radical (unpaired) electrons. The lowest BCUT2D eigenvalue weighted by atomic mass is 10.0. The van der Waals surface area contributed by atoms with Crippen LogP contribution in [0, 0.1) is 0 Å². The van der Waals surface area contributed by atoms with E-state index in [1.165, 1.54) is 12.1 Å². The molecule has 0 unspecified atom stereocenters. The largest absolute Gasteiger partial charge is 0.445 e. The molecule has 0 bridgehead atoms. The molecule has 1 aromatic heterocycles. The number of carbonyl (C=O) groups is 1. The fourth-order valence-electron chi connectivity index (χ4n) is 4.63. The van der Waals surface area contributed by atoms with Crippen molar-refractivity contribution in [3.63, 3.8) is 0 Å². The molecule has 2 aliphatic rings. The van der Waals surface area contributed by atoms with Gasteiger partial charge in [-0.15, -0.1) is 10.2 Å². The van der Waals surface area contributed by atoms with Crippen molar-refractivity contribution < 1.29 is 31.1 Å². The van der Waals surface area contributed by atoms with Crippen molar-refractivity contribution in [2.24, 2.45) is 0 Å². The summed E-state index contributed by atoms with van der Waals surface area (Å²) in [7, 11) is 0. The highest BCUT2D eigenvalue weighted by molar-refractivity contribution is 7.15. The van der Waals surface area contributed by atoms with Gasteiger partial charge in [0.15, 0.2) is 0 Å². The molecule has 38 heavy (non-hydrogen) atoms. The van der Waals surface area contributed by atoms with Crippen LogP contribution in [0.1, 0.15) is 36.3 Å². The summed E-state index contributed by atoms with van der Waals surface area (Å²) in [4.78, 5) is 18.4. The van der Waals surface area contributed by atoms with Crippen LogP contribution in [-0.4, -0.2) is 77.8 Å². The van der Waals surface area contributed by atoms with E-state index in [2.05, 4.69) is 20.4 Å². The number of nitrogens with two attached hydrogens (primary N) is 1. The third-order valence-corrected chi connectivity index (χ3v) is 7.77. The molecule has 0 spiro atoms. The number of likely N-dealkylation sites (tertiary alicyclic amines) is 1. The van der Waals surface area contributed by atoms with Crippen LogP contribution in [0.15, 0.2) is 18.2 Å². The van der Waals surface area contributed by atoms with Crippen molar-refractivity contribution in [3.05, 3.63) is 28.8 Å². The van der Waals surface area contributed by atoms with Crippen molar-refractivity contribution in [1.29, 1.82) is 0 Å². The minimum atomic E-state index is -4.52. The Morgan fingerprint density at radius 1 is 1.00 bits per heavy atom. The number of hydrogen-bond acceptors (Lipinski definition) is 8. The van der Waals surface area contributed by atoms with Crippen molar-refractivity contribution in [1.82, 2.24) is 20.0 Å². The first-order valence-corrected chi connectivity index (χ1v) is 13.1. The first kappa shape index (κ1) is 28.2. The second-order valence-electron chi connectivity index (χ2n) is 9.42. The summed E-state index contributed by atoms with van der Waals surface area (Å²) in [6.07, 6.45) is -6.71. The predicted octanol–water partition coefficient (Wildman–Crippen LogP) is 4.16. The third kappa shape index (κ3) is 7.18. The second kappa shape index (κ2) is 11.5. The molecule has 210 valence electrons. The molecule has 1 amide bonds. The van der Waals surface area contributed by atoms with Gasteiger partial charge >= 0.3 is 12.4 Å². The summed E-state index contributed by atoms with van der Waals surface area (Å²) >= 11 is 0.543. The molecule has 1 aromatic carbocycles. The fourth-order valence-corrected chi connectivity index (χ4v) is 5.40. The maximum atomic E-state index is 13.1. The van der Waals surface area contributed by atoms with Gasteiger partial charge in [-0.3, -0.25) is 9.69 Å². The van der Waals surface area contributed by atoms with E-state index in [1.54, 1.807) is 9.80 Å². The van der Waals surface area contributed by atoms with E-state index in [0.29, 0.717) is 88.5 Å². The van der Waals surface area contributed by atoms with Crippen LogP contribution in [0.3, 0.4) is 0 Å². The van der Waals surface area contributed by atoms with E-state index in [1.807, 2.05) is 0 Å². The summed E-state index contributed by atoms with van der Waals surface area (Å²) in [5.41, 5.74) is 4.62. The number of nitrogens with one attached hydrogen (secondary N) is 1. The van der Waals surface area contributed by atoms with E-state index in [-0.39, 0.29) is 22.8 Å². The summed E-state index contributed by atoms with van der Waals surface area (Å²) in [6.45, 7) is 4.16. The zero-order valence-corrected chi connectivity index (χ0v) is 21.3. The highest BCUT2D eigenvalue weighted by Crippen LogP contribution is 2.36. The molecule has 8 nitrogen and oxygen atoms in total. The minimum absolute atomic E-state index is 0.0414. The minimum Gasteiger partial charge on any atom is -0.398 e. The molecule has 2 saturated heterocycles. The molecule has 3 heterocycles. The lowest BCUT2D eigenvalue weighted by molar-refractivity contribution is -0.138. The normalized spacial score (nSPS) is 18.2. The number of amides is 1. The summed E-state index contributed by atoms with van der Waals surface area (Å²) in [6, 6.07) is 3.74. The first-order valence-electron chi connectivity index (χ1n) is 12.3. The number of benzene rings is 1. The molecule has 3 N–H and O–H groups in total. The van der Waals surface area contributed by atoms with Gasteiger partial charge in [-0.1, -0.05) is 11.3 Å². The monoisotopic (exact) mass is 565 g/mol. The third-order valence-electron chi connectivity index (χ3n) is 6.74. The van der Waals surface area contributed by atoms with Gasteiger partial charge < -0.3 is 20.9 Å². The summed E-state index contributed by atoms with van der Waals surface area (Å²) in [5, 5.41) is 9.34. The van der Waals surface area contributed by atoms with E-state index >= 15 is 0 Å². The van der Waals surface area contributed by atoms with Crippen molar-refractivity contribution in [3.8, 4) is 0 Å². The molecular formula is C23H29F6N7OS. The van der Waals surface area contributed by atoms with Crippen LogP contribution >= 0.6 is 11.3 Å². The molecule has 15 heteroatoms. The number of piperazine rings is 1. The number of halogens is 6. The fraction of sp³-hybridized carbons (Fsp3) is 0.609. The Labute approximate surface area is 219 Å².